The molecule has 0 spiro atoms. The molecule has 0 aromatic heterocycles. The number of hydrogen-bond acceptors (Lipinski definition) is 3. The van der Waals surface area contributed by atoms with Crippen LogP contribution >= 0.6 is 15.9 Å². The number of halogens is 1. The molecule has 4 nitrogen and oxygen atoms in total. The maximum Gasteiger partial charge on any atom is 0.222 e. The van der Waals surface area contributed by atoms with Crippen molar-refractivity contribution in [1.82, 2.24) is 4.90 Å². The lowest BCUT2D eigenvalue weighted by Crippen LogP contribution is -2.50. The van der Waals surface area contributed by atoms with Crippen LogP contribution in [0.15, 0.2) is 0 Å². The van der Waals surface area contributed by atoms with Gasteiger partial charge in [0.05, 0.1) is 18.8 Å². The molecule has 1 rings (SSSR count). The first kappa shape index (κ1) is 13.9. The highest BCUT2D eigenvalue weighted by molar-refractivity contribution is 9.09. The number of hydrogen-bond donors (Lipinski definition) is 1. The van der Waals surface area contributed by atoms with Gasteiger partial charge < -0.3 is 14.7 Å². The van der Waals surface area contributed by atoms with Gasteiger partial charge in [0.2, 0.25) is 5.91 Å². The Morgan fingerprint density at radius 1 is 1.50 bits per heavy atom. The molecule has 2 atom stereocenters. The molecule has 2 unspecified atom stereocenters. The van der Waals surface area contributed by atoms with Crippen molar-refractivity contribution in [3.8, 4) is 0 Å². The van der Waals surface area contributed by atoms with Crippen LogP contribution in [0.2, 0.25) is 0 Å². The number of amides is 1. The average Bonchev–Trinajstić information content (AvgIpc) is 2.28. The summed E-state index contributed by atoms with van der Waals surface area (Å²) in [5.41, 5.74) is 0. The van der Waals surface area contributed by atoms with Gasteiger partial charge in [-0.2, -0.15) is 0 Å². The molecular weight excluding hydrogens is 274 g/mol. The van der Waals surface area contributed by atoms with Crippen LogP contribution < -0.4 is 0 Å². The van der Waals surface area contributed by atoms with E-state index < -0.39 is 0 Å². The Labute approximate surface area is 105 Å². The second-order valence-corrected chi connectivity index (χ2v) is 4.99. The van der Waals surface area contributed by atoms with Gasteiger partial charge in [0.1, 0.15) is 0 Å². The van der Waals surface area contributed by atoms with E-state index in [9.17, 15) is 4.79 Å². The van der Waals surface area contributed by atoms with Gasteiger partial charge in [-0.3, -0.25) is 4.79 Å². The summed E-state index contributed by atoms with van der Waals surface area (Å²) in [5, 5.41) is 10.00. The van der Waals surface area contributed by atoms with Crippen molar-refractivity contribution < 1.29 is 14.6 Å². The van der Waals surface area contributed by atoms with Crippen molar-refractivity contribution >= 4 is 21.8 Å². The van der Waals surface area contributed by atoms with Crippen LogP contribution in [0.3, 0.4) is 0 Å². The third kappa shape index (κ3) is 4.39. The quantitative estimate of drug-likeness (QED) is 0.611. The Hall–Kier alpha value is -0.130. The van der Waals surface area contributed by atoms with Crippen LogP contribution in [-0.4, -0.2) is 53.1 Å². The van der Waals surface area contributed by atoms with Crippen molar-refractivity contribution in [3.63, 3.8) is 0 Å². The normalized spacial score (nSPS) is 25.8. The third-order valence-corrected chi connectivity index (χ3v) is 3.22. The summed E-state index contributed by atoms with van der Waals surface area (Å²) in [6.45, 7) is 3.08. The van der Waals surface area contributed by atoms with Crippen LogP contribution in [-0.2, 0) is 9.53 Å². The Balaban J connectivity index is 2.36. The average molecular weight is 294 g/mol. The van der Waals surface area contributed by atoms with E-state index in [0.717, 1.165) is 18.2 Å². The van der Waals surface area contributed by atoms with E-state index in [4.69, 9.17) is 9.84 Å². The maximum atomic E-state index is 11.9. The molecule has 1 saturated heterocycles. The van der Waals surface area contributed by atoms with Gasteiger partial charge >= 0.3 is 0 Å². The molecule has 0 aliphatic carbocycles. The number of carbonyl (C=O) groups is 1. The molecule has 1 aliphatic heterocycles. The Kier molecular flexibility index (Phi) is 6.31. The zero-order chi connectivity index (χ0) is 12.0. The first-order chi connectivity index (χ1) is 7.67. The summed E-state index contributed by atoms with van der Waals surface area (Å²) in [6.07, 6.45) is 2.33. The van der Waals surface area contributed by atoms with Crippen molar-refractivity contribution in [2.45, 2.75) is 38.4 Å². The smallest absolute Gasteiger partial charge is 0.222 e. The molecule has 16 heavy (non-hydrogen) atoms. The van der Waals surface area contributed by atoms with Crippen LogP contribution in [0.1, 0.15) is 26.2 Å². The molecule has 0 bridgehead atoms. The molecule has 1 aliphatic rings. The number of carbonyl (C=O) groups excluding carboxylic acids is 1. The Bertz CT molecular complexity index is 225. The van der Waals surface area contributed by atoms with E-state index in [0.29, 0.717) is 19.5 Å². The summed E-state index contributed by atoms with van der Waals surface area (Å²) < 4.78 is 5.49. The van der Waals surface area contributed by atoms with Gasteiger partial charge in [0, 0.05) is 24.8 Å². The molecule has 0 aromatic carbocycles. The zero-order valence-corrected chi connectivity index (χ0v) is 11.3. The van der Waals surface area contributed by atoms with Crippen molar-refractivity contribution in [3.05, 3.63) is 0 Å². The molecule has 0 radical (unpaired) electrons. The molecule has 1 fully saturated rings. The molecular formula is C11H20BrNO3. The molecule has 0 saturated carbocycles. The second kappa shape index (κ2) is 7.25. The van der Waals surface area contributed by atoms with Crippen molar-refractivity contribution in [1.29, 1.82) is 0 Å². The highest BCUT2D eigenvalue weighted by Crippen LogP contribution is 2.13. The van der Waals surface area contributed by atoms with Gasteiger partial charge in [-0.25, -0.2) is 0 Å². The summed E-state index contributed by atoms with van der Waals surface area (Å²) in [5.74, 6) is 0.176. The number of unbranched alkanes of at least 4 members (excludes halogenated alkanes) is 1. The van der Waals surface area contributed by atoms with Crippen LogP contribution in [0, 0.1) is 0 Å². The minimum atomic E-state index is -0.219. The minimum absolute atomic E-state index is 0.0183. The second-order valence-electron chi connectivity index (χ2n) is 4.20. The van der Waals surface area contributed by atoms with Gasteiger partial charge in [0.25, 0.3) is 0 Å². The van der Waals surface area contributed by atoms with Crippen LogP contribution in [0.25, 0.3) is 0 Å². The number of rotatable bonds is 5. The number of morpholine rings is 1. The lowest BCUT2D eigenvalue weighted by atomic mass is 10.2. The number of nitrogens with zero attached hydrogens (tertiary/aromatic N) is 1. The molecule has 0 aromatic rings. The Morgan fingerprint density at radius 3 is 2.88 bits per heavy atom. The van der Waals surface area contributed by atoms with Gasteiger partial charge in [0.15, 0.2) is 0 Å². The third-order valence-electron chi connectivity index (χ3n) is 2.66. The molecule has 5 heteroatoms. The Morgan fingerprint density at radius 2 is 2.25 bits per heavy atom. The van der Waals surface area contributed by atoms with E-state index >= 15 is 0 Å². The topological polar surface area (TPSA) is 49.8 Å². The number of aliphatic hydroxyl groups excluding tert-OH is 1. The zero-order valence-electron chi connectivity index (χ0n) is 9.69. The van der Waals surface area contributed by atoms with Crippen LogP contribution in [0.4, 0.5) is 0 Å². The van der Waals surface area contributed by atoms with Crippen molar-refractivity contribution in [2.24, 2.45) is 0 Å². The van der Waals surface area contributed by atoms with E-state index in [1.54, 1.807) is 0 Å². The molecule has 94 valence electrons. The van der Waals surface area contributed by atoms with E-state index in [1.807, 2.05) is 11.8 Å². The van der Waals surface area contributed by atoms with Gasteiger partial charge in [-0.15, -0.1) is 0 Å². The van der Waals surface area contributed by atoms with Gasteiger partial charge in [-0.1, -0.05) is 15.9 Å². The largest absolute Gasteiger partial charge is 0.394 e. The lowest BCUT2D eigenvalue weighted by Gasteiger charge is -2.36. The first-order valence-corrected chi connectivity index (χ1v) is 6.89. The highest BCUT2D eigenvalue weighted by atomic mass is 79.9. The summed E-state index contributed by atoms with van der Waals surface area (Å²) in [7, 11) is 0. The predicted octanol–water partition coefficient (Wildman–Crippen LogP) is 1.16. The monoisotopic (exact) mass is 293 g/mol. The lowest BCUT2D eigenvalue weighted by molar-refractivity contribution is -0.147. The first-order valence-electron chi connectivity index (χ1n) is 5.77. The number of alkyl halides is 1. The van der Waals surface area contributed by atoms with Crippen molar-refractivity contribution in [2.75, 3.05) is 25.0 Å². The highest BCUT2D eigenvalue weighted by Gasteiger charge is 2.27. The SMILES string of the molecule is CC1CN(C(=O)CCCCBr)CC(CO)O1. The summed E-state index contributed by atoms with van der Waals surface area (Å²) >= 11 is 3.35. The molecule has 1 heterocycles. The van der Waals surface area contributed by atoms with E-state index in [1.165, 1.54) is 0 Å². The summed E-state index contributed by atoms with van der Waals surface area (Å²) in [6, 6.07) is 0. The minimum Gasteiger partial charge on any atom is -0.394 e. The van der Waals surface area contributed by atoms with Crippen LogP contribution in [0.5, 0.6) is 0 Å². The van der Waals surface area contributed by atoms with E-state index in [-0.39, 0.29) is 24.7 Å². The van der Waals surface area contributed by atoms with E-state index in [2.05, 4.69) is 15.9 Å². The summed E-state index contributed by atoms with van der Waals surface area (Å²) in [4.78, 5) is 13.7. The standard InChI is InChI=1S/C11H20BrNO3/c1-9-6-13(7-10(8-14)16-9)11(15)4-2-3-5-12/h9-10,14H,2-8H2,1H3. The fourth-order valence-electron chi connectivity index (χ4n) is 1.88. The predicted molar refractivity (Wildman–Crippen MR) is 65.6 cm³/mol. The van der Waals surface area contributed by atoms with Gasteiger partial charge in [-0.05, 0) is 19.8 Å². The number of ether oxygens (including phenoxy) is 1. The maximum absolute atomic E-state index is 11.9. The molecule has 1 amide bonds. The molecule has 1 N–H and O–H groups in total. The fraction of sp³-hybridized carbons (Fsp3) is 0.909. The number of aliphatic hydroxyl groups is 1. The fourth-order valence-corrected chi connectivity index (χ4v) is 2.28.